The number of hydrogen-bond donors (Lipinski definition) is 0. The van der Waals surface area contributed by atoms with Gasteiger partial charge in [0.05, 0.1) is 12.7 Å². The molecule has 10 heteroatoms. The topological polar surface area (TPSA) is 88.4 Å². The van der Waals surface area contributed by atoms with Crippen LogP contribution in [-0.4, -0.2) is 64.7 Å². The van der Waals surface area contributed by atoms with Gasteiger partial charge in [-0.2, -0.15) is 4.31 Å². The molecule has 0 saturated carbocycles. The molecule has 0 N–H and O–H groups in total. The third-order valence-corrected chi connectivity index (χ3v) is 6.86. The van der Waals surface area contributed by atoms with Gasteiger partial charge in [-0.3, -0.25) is 4.79 Å². The normalized spacial score (nSPS) is 15.3. The molecule has 1 aromatic heterocycles. The van der Waals surface area contributed by atoms with E-state index in [4.69, 9.17) is 0 Å². The van der Waals surface area contributed by atoms with Crippen LogP contribution in [0.25, 0.3) is 0 Å². The minimum Gasteiger partial charge on any atom is -0.335 e. The van der Waals surface area contributed by atoms with Crippen LogP contribution in [0.1, 0.15) is 16.1 Å². The number of halogens is 1. The lowest BCUT2D eigenvalue weighted by atomic mass is 10.2. The summed E-state index contributed by atoms with van der Waals surface area (Å²) in [5, 5.41) is 7.96. The first kappa shape index (κ1) is 20.2. The lowest BCUT2D eigenvalue weighted by molar-refractivity contribution is 0.0691. The molecule has 8 nitrogen and oxygen atoms in total. The fourth-order valence-corrected chi connectivity index (χ4v) is 4.82. The van der Waals surface area contributed by atoms with E-state index in [1.54, 1.807) is 10.9 Å². The maximum absolute atomic E-state index is 13.9. The second-order valence-electron chi connectivity index (χ2n) is 6.91. The monoisotopic (exact) mass is 429 g/mol. The van der Waals surface area contributed by atoms with Gasteiger partial charge >= 0.3 is 0 Å². The number of piperazine rings is 1. The number of rotatable bonds is 5. The van der Waals surface area contributed by atoms with Crippen LogP contribution in [0.4, 0.5) is 4.39 Å². The highest BCUT2D eigenvalue weighted by Gasteiger charge is 2.32. The van der Waals surface area contributed by atoms with Crippen LogP contribution in [0.3, 0.4) is 0 Å². The summed E-state index contributed by atoms with van der Waals surface area (Å²) in [6.07, 6.45) is 1.58. The van der Waals surface area contributed by atoms with E-state index in [0.29, 0.717) is 6.54 Å². The standard InChI is InChI=1S/C20H20FN5O3S/c21-17-8-4-5-9-19(17)30(28,29)26-12-10-24(11-13-26)20(27)18-15-25(23-22-18)14-16-6-2-1-3-7-16/h1-9,15H,10-14H2. The van der Waals surface area contributed by atoms with Gasteiger partial charge in [-0.15, -0.1) is 5.10 Å². The minimum absolute atomic E-state index is 0.0839. The van der Waals surface area contributed by atoms with Crippen molar-refractivity contribution in [2.75, 3.05) is 26.2 Å². The molecule has 4 rings (SSSR count). The zero-order valence-corrected chi connectivity index (χ0v) is 16.9. The summed E-state index contributed by atoms with van der Waals surface area (Å²) in [5.41, 5.74) is 1.24. The van der Waals surface area contributed by atoms with E-state index in [0.717, 1.165) is 11.6 Å². The molecule has 1 aliphatic rings. The molecule has 30 heavy (non-hydrogen) atoms. The maximum atomic E-state index is 13.9. The van der Waals surface area contributed by atoms with E-state index >= 15 is 0 Å². The van der Waals surface area contributed by atoms with Crippen LogP contribution in [0.5, 0.6) is 0 Å². The number of hydrogen-bond acceptors (Lipinski definition) is 5. The number of carbonyl (C=O) groups is 1. The largest absolute Gasteiger partial charge is 0.335 e. The van der Waals surface area contributed by atoms with Crippen LogP contribution >= 0.6 is 0 Å². The lowest BCUT2D eigenvalue weighted by Gasteiger charge is -2.33. The molecule has 0 aliphatic carbocycles. The van der Waals surface area contributed by atoms with Crippen molar-refractivity contribution in [3.63, 3.8) is 0 Å². The molecular formula is C20H20FN5O3S. The summed E-state index contributed by atoms with van der Waals surface area (Å²) in [4.78, 5) is 13.9. The Morgan fingerprint density at radius 2 is 1.63 bits per heavy atom. The highest BCUT2D eigenvalue weighted by Crippen LogP contribution is 2.20. The molecule has 156 valence electrons. The molecule has 0 bridgehead atoms. The zero-order valence-electron chi connectivity index (χ0n) is 16.1. The van der Waals surface area contributed by atoms with Gasteiger partial charge in [0.25, 0.3) is 5.91 Å². The summed E-state index contributed by atoms with van der Waals surface area (Å²) in [6, 6.07) is 15.0. The van der Waals surface area contributed by atoms with Crippen molar-refractivity contribution in [2.45, 2.75) is 11.4 Å². The summed E-state index contributed by atoms with van der Waals surface area (Å²) in [6.45, 7) is 1.05. The first-order chi connectivity index (χ1) is 14.4. The Kier molecular flexibility index (Phi) is 5.60. The number of sulfonamides is 1. The molecule has 0 unspecified atom stereocenters. The van der Waals surface area contributed by atoms with Crippen LogP contribution < -0.4 is 0 Å². The number of amides is 1. The SMILES string of the molecule is O=C(c1cn(Cc2ccccc2)nn1)N1CCN(S(=O)(=O)c2ccccc2F)CC1. The molecule has 2 aromatic carbocycles. The fourth-order valence-electron chi connectivity index (χ4n) is 3.33. The highest BCUT2D eigenvalue weighted by molar-refractivity contribution is 7.89. The average molecular weight is 429 g/mol. The van der Waals surface area contributed by atoms with Crippen molar-refractivity contribution in [1.29, 1.82) is 0 Å². The average Bonchev–Trinajstić information content (AvgIpc) is 3.22. The van der Waals surface area contributed by atoms with E-state index in [9.17, 15) is 17.6 Å². The van der Waals surface area contributed by atoms with Crippen molar-refractivity contribution in [1.82, 2.24) is 24.2 Å². The van der Waals surface area contributed by atoms with Gasteiger partial charge in [0.1, 0.15) is 10.7 Å². The van der Waals surface area contributed by atoms with E-state index < -0.39 is 15.8 Å². The predicted molar refractivity (Wildman–Crippen MR) is 107 cm³/mol. The molecule has 1 saturated heterocycles. The molecular weight excluding hydrogens is 409 g/mol. The van der Waals surface area contributed by atoms with Gasteiger partial charge in [-0.05, 0) is 17.7 Å². The Morgan fingerprint density at radius 3 is 2.33 bits per heavy atom. The molecule has 1 fully saturated rings. The van der Waals surface area contributed by atoms with Gasteiger partial charge in [-0.25, -0.2) is 17.5 Å². The summed E-state index contributed by atoms with van der Waals surface area (Å²) < 4.78 is 42.1. The number of benzene rings is 2. The second-order valence-corrected chi connectivity index (χ2v) is 8.82. The number of aromatic nitrogens is 3. The van der Waals surface area contributed by atoms with E-state index in [1.807, 2.05) is 30.3 Å². The van der Waals surface area contributed by atoms with Crippen molar-refractivity contribution in [2.24, 2.45) is 0 Å². The summed E-state index contributed by atoms with van der Waals surface area (Å²) >= 11 is 0. The minimum atomic E-state index is -3.95. The Balaban J connectivity index is 1.40. The van der Waals surface area contributed by atoms with Crippen LogP contribution in [0.2, 0.25) is 0 Å². The molecule has 3 aromatic rings. The quantitative estimate of drug-likeness (QED) is 0.615. The van der Waals surface area contributed by atoms with Gasteiger partial charge in [0, 0.05) is 26.2 Å². The Morgan fingerprint density at radius 1 is 0.967 bits per heavy atom. The first-order valence-electron chi connectivity index (χ1n) is 9.43. The maximum Gasteiger partial charge on any atom is 0.276 e. The van der Waals surface area contributed by atoms with E-state index in [2.05, 4.69) is 10.3 Å². The fraction of sp³-hybridized carbons (Fsp3) is 0.250. The highest BCUT2D eigenvalue weighted by atomic mass is 32.2. The van der Waals surface area contributed by atoms with Gasteiger partial charge in [0.15, 0.2) is 5.69 Å². The Bertz CT molecular complexity index is 1140. The zero-order chi connectivity index (χ0) is 21.1. The first-order valence-corrected chi connectivity index (χ1v) is 10.9. The van der Waals surface area contributed by atoms with E-state index in [1.165, 1.54) is 27.4 Å². The van der Waals surface area contributed by atoms with Gasteiger partial charge in [-0.1, -0.05) is 47.7 Å². The molecule has 0 radical (unpaired) electrons. The number of nitrogens with zero attached hydrogens (tertiary/aromatic N) is 5. The molecule has 0 atom stereocenters. The third-order valence-electron chi connectivity index (χ3n) is 4.93. The third kappa shape index (κ3) is 4.10. The second kappa shape index (κ2) is 8.33. The Hall–Kier alpha value is -3.11. The summed E-state index contributed by atoms with van der Waals surface area (Å²) in [5.74, 6) is -1.09. The van der Waals surface area contributed by atoms with Crippen molar-refractivity contribution in [3.05, 3.63) is 77.9 Å². The number of carbonyl (C=O) groups excluding carboxylic acids is 1. The predicted octanol–water partition coefficient (Wildman–Crippen LogP) is 1.61. The van der Waals surface area contributed by atoms with Gasteiger partial charge in [0.2, 0.25) is 10.0 Å². The lowest BCUT2D eigenvalue weighted by Crippen LogP contribution is -2.50. The van der Waals surface area contributed by atoms with E-state index in [-0.39, 0.29) is 42.7 Å². The van der Waals surface area contributed by atoms with Crippen LogP contribution in [-0.2, 0) is 16.6 Å². The summed E-state index contributed by atoms with van der Waals surface area (Å²) in [7, 11) is -3.95. The van der Waals surface area contributed by atoms with Crippen molar-refractivity contribution >= 4 is 15.9 Å². The Labute approximate surface area is 173 Å². The smallest absolute Gasteiger partial charge is 0.276 e. The molecule has 0 spiro atoms. The van der Waals surface area contributed by atoms with Crippen LogP contribution in [0.15, 0.2) is 65.7 Å². The van der Waals surface area contributed by atoms with Gasteiger partial charge < -0.3 is 4.90 Å². The van der Waals surface area contributed by atoms with Crippen LogP contribution in [0, 0.1) is 5.82 Å². The van der Waals surface area contributed by atoms with Crippen molar-refractivity contribution in [3.8, 4) is 0 Å². The van der Waals surface area contributed by atoms with Crippen molar-refractivity contribution < 1.29 is 17.6 Å². The molecule has 1 amide bonds. The molecule has 2 heterocycles. The molecule has 1 aliphatic heterocycles.